The first-order chi connectivity index (χ1) is 14.9. The summed E-state index contributed by atoms with van der Waals surface area (Å²) in [6.45, 7) is 7.72. The number of carbonyl (C=O) groups is 1. The average Bonchev–Trinajstić information content (AvgIpc) is 2.77. The minimum atomic E-state index is -0.288. The van der Waals surface area contributed by atoms with E-state index in [9.17, 15) is 4.79 Å². The van der Waals surface area contributed by atoms with Gasteiger partial charge in [-0.05, 0) is 37.2 Å². The molecule has 1 aromatic carbocycles. The van der Waals surface area contributed by atoms with Gasteiger partial charge in [-0.1, -0.05) is 18.2 Å². The minimum Gasteiger partial charge on any atom is -0.391 e. The zero-order valence-corrected chi connectivity index (χ0v) is 18.9. The van der Waals surface area contributed by atoms with E-state index < -0.39 is 0 Å². The highest BCUT2D eigenvalue weighted by Gasteiger charge is 2.32. The molecule has 2 aromatic rings. The van der Waals surface area contributed by atoms with E-state index >= 15 is 0 Å². The molecule has 1 aromatic heterocycles. The van der Waals surface area contributed by atoms with Crippen molar-refractivity contribution < 1.29 is 4.79 Å². The second-order valence-electron chi connectivity index (χ2n) is 8.05. The van der Waals surface area contributed by atoms with Crippen LogP contribution in [-0.4, -0.2) is 68.1 Å². The van der Waals surface area contributed by atoms with Gasteiger partial charge in [0, 0.05) is 57.3 Å². The Morgan fingerprint density at radius 1 is 1.23 bits per heavy atom. The summed E-state index contributed by atoms with van der Waals surface area (Å²) in [6, 6.07) is 5.93. The van der Waals surface area contributed by atoms with Crippen molar-refractivity contribution in [1.29, 1.82) is 0 Å². The Labute approximate surface area is 187 Å². The maximum absolute atomic E-state index is 12.7. The number of nitrogens with zero attached hydrogens (tertiary/aromatic N) is 5. The summed E-state index contributed by atoms with van der Waals surface area (Å²) in [4.78, 5) is 27.9. The summed E-state index contributed by atoms with van der Waals surface area (Å²) in [6.07, 6.45) is 2.24. The van der Waals surface area contributed by atoms with Crippen LogP contribution in [-0.2, 0) is 11.2 Å². The fourth-order valence-electron chi connectivity index (χ4n) is 4.00. The molecule has 1 fully saturated rings. The Morgan fingerprint density at radius 2 is 1.97 bits per heavy atom. The van der Waals surface area contributed by atoms with E-state index in [-0.39, 0.29) is 11.8 Å². The molecule has 0 aliphatic carbocycles. The Morgan fingerprint density at radius 3 is 2.68 bits per heavy atom. The molecular weight excluding hydrogens is 414 g/mol. The maximum atomic E-state index is 12.7. The lowest BCUT2D eigenvalue weighted by Gasteiger charge is -2.33. The van der Waals surface area contributed by atoms with Crippen molar-refractivity contribution in [1.82, 2.24) is 20.2 Å². The van der Waals surface area contributed by atoms with Gasteiger partial charge < -0.3 is 25.3 Å². The van der Waals surface area contributed by atoms with Gasteiger partial charge in [-0.25, -0.2) is 4.98 Å². The number of hydrogen-bond donors (Lipinski definition) is 2. The van der Waals surface area contributed by atoms with E-state index in [0.29, 0.717) is 23.2 Å². The van der Waals surface area contributed by atoms with Crippen LogP contribution in [0.1, 0.15) is 5.56 Å². The van der Waals surface area contributed by atoms with Crippen LogP contribution in [0.2, 0.25) is 5.02 Å². The topological polar surface area (TPSA) is 76.6 Å². The highest BCUT2D eigenvalue weighted by Crippen LogP contribution is 2.35. The van der Waals surface area contributed by atoms with Crippen molar-refractivity contribution in [2.75, 3.05) is 62.4 Å². The average molecular weight is 442 g/mol. The minimum absolute atomic E-state index is 0.0447. The Balaban J connectivity index is 1.57. The highest BCUT2D eigenvalue weighted by molar-refractivity contribution is 6.32. The Kier molecular flexibility index (Phi) is 6.02. The molecule has 0 spiro atoms. The van der Waals surface area contributed by atoms with Crippen LogP contribution in [0.25, 0.3) is 0 Å². The number of aromatic nitrogens is 2. The van der Waals surface area contributed by atoms with Gasteiger partial charge in [-0.15, -0.1) is 0 Å². The lowest BCUT2D eigenvalue weighted by atomic mass is 9.89. The number of rotatable bonds is 5. The molecule has 4 rings (SSSR count). The van der Waals surface area contributed by atoms with Crippen molar-refractivity contribution in [3.8, 4) is 0 Å². The molecule has 1 atom stereocenters. The zero-order chi connectivity index (χ0) is 22.1. The molecule has 1 amide bonds. The van der Waals surface area contributed by atoms with Gasteiger partial charge in [-0.3, -0.25) is 4.79 Å². The third kappa shape index (κ3) is 4.31. The molecule has 2 N–H and O–H groups in total. The second kappa shape index (κ2) is 8.72. The van der Waals surface area contributed by atoms with Gasteiger partial charge in [0.2, 0.25) is 11.9 Å². The number of amides is 1. The van der Waals surface area contributed by atoms with Gasteiger partial charge in [0.15, 0.2) is 5.82 Å². The van der Waals surface area contributed by atoms with Crippen molar-refractivity contribution in [3.63, 3.8) is 0 Å². The number of hydrogen-bond acceptors (Lipinski definition) is 7. The van der Waals surface area contributed by atoms with Crippen LogP contribution < -0.4 is 20.4 Å². The van der Waals surface area contributed by atoms with Crippen molar-refractivity contribution in [3.05, 3.63) is 47.3 Å². The third-order valence-electron chi connectivity index (χ3n) is 6.02. The lowest BCUT2D eigenvalue weighted by molar-refractivity contribution is -0.121. The fourth-order valence-corrected chi connectivity index (χ4v) is 4.14. The van der Waals surface area contributed by atoms with Crippen LogP contribution in [0.3, 0.4) is 0 Å². The van der Waals surface area contributed by atoms with Crippen LogP contribution in [0.15, 0.2) is 36.7 Å². The van der Waals surface area contributed by atoms with Crippen molar-refractivity contribution >= 4 is 40.6 Å². The van der Waals surface area contributed by atoms with E-state index in [1.165, 1.54) is 0 Å². The summed E-state index contributed by atoms with van der Waals surface area (Å²) in [5, 5.41) is 6.81. The molecule has 3 heterocycles. The van der Waals surface area contributed by atoms with Crippen LogP contribution in [0.5, 0.6) is 0 Å². The molecule has 9 heteroatoms. The quantitative estimate of drug-likeness (QED) is 0.738. The molecule has 8 nitrogen and oxygen atoms in total. The zero-order valence-electron chi connectivity index (χ0n) is 18.2. The molecule has 31 heavy (non-hydrogen) atoms. The number of likely N-dealkylation sites (N-methyl/N-ethyl adjacent to an activating group) is 1. The molecule has 1 unspecified atom stereocenters. The van der Waals surface area contributed by atoms with Crippen LogP contribution >= 0.6 is 11.6 Å². The van der Waals surface area contributed by atoms with Crippen molar-refractivity contribution in [2.45, 2.75) is 6.42 Å². The van der Waals surface area contributed by atoms with Crippen LogP contribution in [0, 0.1) is 5.92 Å². The van der Waals surface area contributed by atoms with Gasteiger partial charge in [-0.2, -0.15) is 4.98 Å². The largest absolute Gasteiger partial charge is 0.391 e. The van der Waals surface area contributed by atoms with Crippen LogP contribution in [0.4, 0.5) is 23.1 Å². The SMILES string of the molecule is C=C(NC)C1Cc2cc(Nc3nc(N4CCN(C)CC4)ncc3Cl)ccc2N(C)C1=O. The summed E-state index contributed by atoms with van der Waals surface area (Å²) >= 11 is 6.39. The molecule has 0 bridgehead atoms. The number of anilines is 4. The van der Waals surface area contributed by atoms with Gasteiger partial charge in [0.1, 0.15) is 5.02 Å². The Hall–Kier alpha value is -2.84. The number of fused-ring (bicyclic) bond motifs is 1. The second-order valence-corrected chi connectivity index (χ2v) is 8.46. The van der Waals surface area contributed by atoms with E-state index in [0.717, 1.165) is 48.8 Å². The molecule has 0 radical (unpaired) electrons. The number of nitrogens with one attached hydrogen (secondary N) is 2. The van der Waals surface area contributed by atoms with Crippen molar-refractivity contribution in [2.24, 2.45) is 5.92 Å². The summed E-state index contributed by atoms with van der Waals surface area (Å²) < 4.78 is 0. The summed E-state index contributed by atoms with van der Waals surface area (Å²) in [5.74, 6) is 1.00. The number of halogens is 1. The molecular formula is C22H28ClN7O. The first-order valence-electron chi connectivity index (χ1n) is 10.4. The highest BCUT2D eigenvalue weighted by atomic mass is 35.5. The lowest BCUT2D eigenvalue weighted by Crippen LogP contribution is -2.45. The van der Waals surface area contributed by atoms with E-state index in [2.05, 4.69) is 44.0 Å². The number of piperazine rings is 1. The van der Waals surface area contributed by atoms with Gasteiger partial charge >= 0.3 is 0 Å². The molecule has 164 valence electrons. The predicted octanol–water partition coefficient (Wildman–Crippen LogP) is 2.49. The number of benzene rings is 1. The van der Waals surface area contributed by atoms with Gasteiger partial charge in [0.05, 0.1) is 12.1 Å². The fraction of sp³-hybridized carbons (Fsp3) is 0.409. The Bertz CT molecular complexity index is 1000. The monoisotopic (exact) mass is 441 g/mol. The van der Waals surface area contributed by atoms with E-state index in [1.807, 2.05) is 18.2 Å². The first-order valence-corrected chi connectivity index (χ1v) is 10.7. The summed E-state index contributed by atoms with van der Waals surface area (Å²) in [7, 11) is 5.70. The first kappa shape index (κ1) is 21.4. The van der Waals surface area contributed by atoms with Gasteiger partial charge in [0.25, 0.3) is 0 Å². The molecule has 2 aliphatic heterocycles. The molecule has 0 saturated carbocycles. The van der Waals surface area contributed by atoms with E-state index in [1.54, 1.807) is 25.2 Å². The predicted molar refractivity (Wildman–Crippen MR) is 125 cm³/mol. The summed E-state index contributed by atoms with van der Waals surface area (Å²) in [5.41, 5.74) is 3.55. The molecule has 1 saturated heterocycles. The number of carbonyl (C=O) groups excluding carboxylic acids is 1. The third-order valence-corrected chi connectivity index (χ3v) is 6.29. The maximum Gasteiger partial charge on any atom is 0.236 e. The smallest absolute Gasteiger partial charge is 0.236 e. The normalized spacial score (nSPS) is 19.2. The molecule has 2 aliphatic rings. The standard InChI is InChI=1S/C22H28ClN7O/c1-14(24-2)17-12-15-11-16(5-6-19(15)29(4)21(17)31)26-20-18(23)13-25-22(27-20)30-9-7-28(3)8-10-30/h5-6,11,13,17,24H,1,7-10,12H2,2-4H3,(H,25,26,27). The van der Waals surface area contributed by atoms with E-state index in [4.69, 9.17) is 11.6 Å².